The highest BCUT2D eigenvalue weighted by Crippen LogP contribution is 2.11. The Labute approximate surface area is 88.2 Å². The molecule has 1 unspecified atom stereocenters. The largest absolute Gasteiger partial charge is 0.376 e. The van der Waals surface area contributed by atoms with Crippen molar-refractivity contribution in [2.45, 2.75) is 25.4 Å². The molecule has 5 heteroatoms. The van der Waals surface area contributed by atoms with E-state index in [9.17, 15) is 4.79 Å². The van der Waals surface area contributed by atoms with Gasteiger partial charge in [-0.1, -0.05) is 0 Å². The highest BCUT2D eigenvalue weighted by Gasteiger charge is 2.15. The standard InChI is InChI=1S/C10H15N3O2/c14-10(8-5-12-13-6-8)11-7-9-3-1-2-4-15-9/h5-6,9H,1-4,7H2,(H,11,14)(H,12,13). The Hall–Kier alpha value is -1.36. The van der Waals surface area contributed by atoms with Crippen LogP contribution in [0.5, 0.6) is 0 Å². The second kappa shape index (κ2) is 4.93. The molecular formula is C10H15N3O2. The predicted molar refractivity (Wildman–Crippen MR) is 54.5 cm³/mol. The van der Waals surface area contributed by atoms with Crippen LogP contribution in [-0.4, -0.2) is 35.4 Å². The zero-order chi connectivity index (χ0) is 10.5. The summed E-state index contributed by atoms with van der Waals surface area (Å²) in [5.74, 6) is -0.0991. The van der Waals surface area contributed by atoms with Crippen molar-refractivity contribution in [3.05, 3.63) is 18.0 Å². The van der Waals surface area contributed by atoms with Crippen molar-refractivity contribution >= 4 is 5.91 Å². The van der Waals surface area contributed by atoms with Gasteiger partial charge in [0.05, 0.1) is 17.9 Å². The van der Waals surface area contributed by atoms with Gasteiger partial charge in [-0.2, -0.15) is 5.10 Å². The van der Waals surface area contributed by atoms with E-state index in [0.29, 0.717) is 12.1 Å². The Bertz CT molecular complexity index is 304. The average Bonchev–Trinajstić information content (AvgIpc) is 2.81. The quantitative estimate of drug-likeness (QED) is 0.770. The summed E-state index contributed by atoms with van der Waals surface area (Å²) in [5.41, 5.74) is 0.561. The van der Waals surface area contributed by atoms with Crippen molar-refractivity contribution in [2.75, 3.05) is 13.2 Å². The molecule has 0 bridgehead atoms. The van der Waals surface area contributed by atoms with E-state index in [2.05, 4.69) is 15.5 Å². The van der Waals surface area contributed by atoms with Crippen molar-refractivity contribution in [3.8, 4) is 0 Å². The molecule has 82 valence electrons. The van der Waals surface area contributed by atoms with E-state index >= 15 is 0 Å². The molecule has 1 aliphatic heterocycles. The number of aromatic nitrogens is 2. The van der Waals surface area contributed by atoms with Gasteiger partial charge in [0.25, 0.3) is 5.91 Å². The van der Waals surface area contributed by atoms with Crippen LogP contribution in [-0.2, 0) is 4.74 Å². The Morgan fingerprint density at radius 1 is 1.67 bits per heavy atom. The summed E-state index contributed by atoms with van der Waals surface area (Å²) in [6.07, 6.45) is 6.62. The number of amides is 1. The predicted octanol–water partition coefficient (Wildman–Crippen LogP) is 0.709. The van der Waals surface area contributed by atoms with Gasteiger partial charge in [0.1, 0.15) is 0 Å². The number of nitrogens with zero attached hydrogens (tertiary/aromatic N) is 1. The molecule has 1 aromatic heterocycles. The Morgan fingerprint density at radius 2 is 2.60 bits per heavy atom. The third-order valence-electron chi connectivity index (χ3n) is 2.52. The van der Waals surface area contributed by atoms with E-state index in [4.69, 9.17) is 4.74 Å². The van der Waals surface area contributed by atoms with Gasteiger partial charge in [-0.3, -0.25) is 9.89 Å². The third-order valence-corrected chi connectivity index (χ3v) is 2.52. The van der Waals surface area contributed by atoms with Gasteiger partial charge >= 0.3 is 0 Å². The number of ether oxygens (including phenoxy) is 1. The van der Waals surface area contributed by atoms with Gasteiger partial charge < -0.3 is 10.1 Å². The summed E-state index contributed by atoms with van der Waals surface area (Å²) < 4.78 is 5.51. The number of H-pyrrole nitrogens is 1. The van der Waals surface area contributed by atoms with Crippen LogP contribution < -0.4 is 5.32 Å². The molecule has 2 N–H and O–H groups in total. The maximum absolute atomic E-state index is 11.5. The SMILES string of the molecule is O=C(NCC1CCCCO1)c1cn[nH]c1. The number of carbonyl (C=O) groups excluding carboxylic acids is 1. The molecule has 1 aromatic rings. The monoisotopic (exact) mass is 209 g/mol. The molecule has 1 atom stereocenters. The van der Waals surface area contributed by atoms with Crippen LogP contribution in [0.4, 0.5) is 0 Å². The maximum atomic E-state index is 11.5. The summed E-state index contributed by atoms with van der Waals surface area (Å²) in [5, 5.41) is 9.16. The second-order valence-corrected chi connectivity index (χ2v) is 3.69. The van der Waals surface area contributed by atoms with Gasteiger partial charge in [-0.15, -0.1) is 0 Å². The van der Waals surface area contributed by atoms with Crippen molar-refractivity contribution in [1.29, 1.82) is 0 Å². The summed E-state index contributed by atoms with van der Waals surface area (Å²) >= 11 is 0. The third kappa shape index (κ3) is 2.79. The summed E-state index contributed by atoms with van der Waals surface area (Å²) in [6, 6.07) is 0. The molecule has 1 aliphatic rings. The van der Waals surface area contributed by atoms with Crippen molar-refractivity contribution in [2.24, 2.45) is 0 Å². The fraction of sp³-hybridized carbons (Fsp3) is 0.600. The molecule has 15 heavy (non-hydrogen) atoms. The van der Waals surface area contributed by atoms with Gasteiger partial charge in [-0.25, -0.2) is 0 Å². The molecule has 0 spiro atoms. The Kier molecular flexibility index (Phi) is 3.34. The zero-order valence-corrected chi connectivity index (χ0v) is 8.53. The van der Waals surface area contributed by atoms with Gasteiger partial charge in [-0.05, 0) is 19.3 Å². The van der Waals surface area contributed by atoms with Crippen LogP contribution in [0.25, 0.3) is 0 Å². The molecule has 2 rings (SSSR count). The zero-order valence-electron chi connectivity index (χ0n) is 8.53. The van der Waals surface area contributed by atoms with Crippen LogP contribution >= 0.6 is 0 Å². The molecule has 1 fully saturated rings. The second-order valence-electron chi connectivity index (χ2n) is 3.69. The minimum absolute atomic E-state index is 0.0991. The first-order chi connectivity index (χ1) is 7.36. The normalized spacial score (nSPS) is 21.2. The number of aromatic amines is 1. The molecule has 1 saturated heterocycles. The lowest BCUT2D eigenvalue weighted by Gasteiger charge is -2.22. The van der Waals surface area contributed by atoms with Crippen LogP contribution in [0.1, 0.15) is 29.6 Å². The highest BCUT2D eigenvalue weighted by atomic mass is 16.5. The van der Waals surface area contributed by atoms with Crippen LogP contribution in [0, 0.1) is 0 Å². The van der Waals surface area contributed by atoms with Gasteiger partial charge in [0.15, 0.2) is 0 Å². The Balaban J connectivity index is 1.75. The first-order valence-electron chi connectivity index (χ1n) is 5.25. The fourth-order valence-corrected chi connectivity index (χ4v) is 1.65. The van der Waals surface area contributed by atoms with Gasteiger partial charge in [0, 0.05) is 19.3 Å². The summed E-state index contributed by atoms with van der Waals surface area (Å²) in [7, 11) is 0. The molecule has 0 aromatic carbocycles. The molecular weight excluding hydrogens is 194 g/mol. The van der Waals surface area contributed by atoms with Crippen LogP contribution in [0.3, 0.4) is 0 Å². The van der Waals surface area contributed by atoms with E-state index in [-0.39, 0.29) is 12.0 Å². The smallest absolute Gasteiger partial charge is 0.254 e. The van der Waals surface area contributed by atoms with Gasteiger partial charge in [0.2, 0.25) is 0 Å². The first kappa shape index (κ1) is 10.2. The van der Waals surface area contributed by atoms with Crippen molar-refractivity contribution in [3.63, 3.8) is 0 Å². The molecule has 0 radical (unpaired) electrons. The fourth-order valence-electron chi connectivity index (χ4n) is 1.65. The molecule has 0 aliphatic carbocycles. The first-order valence-corrected chi connectivity index (χ1v) is 5.25. The van der Waals surface area contributed by atoms with Crippen molar-refractivity contribution in [1.82, 2.24) is 15.5 Å². The highest BCUT2D eigenvalue weighted by molar-refractivity contribution is 5.93. The lowest BCUT2D eigenvalue weighted by molar-refractivity contribution is 0.0169. The van der Waals surface area contributed by atoms with Crippen molar-refractivity contribution < 1.29 is 9.53 Å². The minimum atomic E-state index is -0.0991. The number of hydrogen-bond donors (Lipinski definition) is 2. The summed E-state index contributed by atoms with van der Waals surface area (Å²) in [6.45, 7) is 1.40. The lowest BCUT2D eigenvalue weighted by atomic mass is 10.1. The summed E-state index contributed by atoms with van der Waals surface area (Å²) in [4.78, 5) is 11.5. The van der Waals surface area contributed by atoms with E-state index in [1.54, 1.807) is 6.20 Å². The maximum Gasteiger partial charge on any atom is 0.254 e. The van der Waals surface area contributed by atoms with E-state index < -0.39 is 0 Å². The average molecular weight is 209 g/mol. The molecule has 0 saturated carbocycles. The molecule has 1 amide bonds. The van der Waals surface area contributed by atoms with Crippen LogP contribution in [0.2, 0.25) is 0 Å². The van der Waals surface area contributed by atoms with E-state index in [1.165, 1.54) is 12.6 Å². The molecule has 2 heterocycles. The topological polar surface area (TPSA) is 67.0 Å². The minimum Gasteiger partial charge on any atom is -0.376 e. The number of hydrogen-bond acceptors (Lipinski definition) is 3. The number of nitrogens with one attached hydrogen (secondary N) is 2. The number of carbonyl (C=O) groups is 1. The van der Waals surface area contributed by atoms with E-state index in [0.717, 1.165) is 19.4 Å². The Morgan fingerprint density at radius 3 is 3.27 bits per heavy atom. The lowest BCUT2D eigenvalue weighted by Crippen LogP contribution is -2.35. The molecule has 5 nitrogen and oxygen atoms in total. The number of rotatable bonds is 3. The van der Waals surface area contributed by atoms with E-state index in [1.807, 2.05) is 0 Å². The van der Waals surface area contributed by atoms with Crippen LogP contribution in [0.15, 0.2) is 12.4 Å².